The van der Waals surface area contributed by atoms with E-state index >= 15 is 0 Å². The van der Waals surface area contributed by atoms with E-state index in [-0.39, 0.29) is 5.69 Å². The average molecular weight is 276 g/mol. The maximum Gasteiger partial charge on any atom is 0.275 e. The zero-order valence-electron chi connectivity index (χ0n) is 11.4. The number of non-ortho nitro benzene ring substituents is 1. The zero-order valence-corrected chi connectivity index (χ0v) is 11.4. The Morgan fingerprint density at radius 1 is 1.40 bits per heavy atom. The van der Waals surface area contributed by atoms with E-state index in [9.17, 15) is 10.1 Å². The van der Waals surface area contributed by atoms with Gasteiger partial charge in [-0.05, 0) is 6.42 Å². The molecule has 0 fully saturated rings. The minimum atomic E-state index is -0.437. The van der Waals surface area contributed by atoms with Crippen LogP contribution >= 0.6 is 0 Å². The molecule has 0 radical (unpaired) electrons. The van der Waals surface area contributed by atoms with Crippen LogP contribution in [0.2, 0.25) is 0 Å². The minimum absolute atomic E-state index is 0.00927. The summed E-state index contributed by atoms with van der Waals surface area (Å²) >= 11 is 0. The van der Waals surface area contributed by atoms with Gasteiger partial charge in [0.05, 0.1) is 23.4 Å². The Kier molecular flexibility index (Phi) is 4.19. The summed E-state index contributed by atoms with van der Waals surface area (Å²) in [5.74, 6) is 0.945. The molecule has 7 nitrogen and oxygen atoms in total. The van der Waals surface area contributed by atoms with Crippen LogP contribution in [0.3, 0.4) is 0 Å². The molecule has 2 aromatic rings. The molecule has 0 bridgehead atoms. The van der Waals surface area contributed by atoms with Crippen molar-refractivity contribution in [3.63, 3.8) is 0 Å². The number of nitrogens with one attached hydrogen (secondary N) is 1. The highest BCUT2D eigenvalue weighted by Crippen LogP contribution is 2.29. The van der Waals surface area contributed by atoms with Gasteiger partial charge >= 0.3 is 0 Å². The lowest BCUT2D eigenvalue weighted by Crippen LogP contribution is -2.01. The third kappa shape index (κ3) is 3.47. The maximum absolute atomic E-state index is 10.9. The molecule has 0 unspecified atom stereocenters. The molecule has 0 aliphatic heterocycles. The molecule has 7 heteroatoms. The van der Waals surface area contributed by atoms with Gasteiger partial charge in [-0.2, -0.15) is 5.10 Å². The quantitative estimate of drug-likeness (QED) is 0.648. The second-order valence-electron chi connectivity index (χ2n) is 4.35. The van der Waals surface area contributed by atoms with Crippen molar-refractivity contribution in [1.82, 2.24) is 9.78 Å². The predicted octanol–water partition coefficient (Wildman–Crippen LogP) is 2.94. The monoisotopic (exact) mass is 276 g/mol. The number of nitrogens with zero attached hydrogens (tertiary/aromatic N) is 3. The van der Waals surface area contributed by atoms with Crippen molar-refractivity contribution in [3.8, 4) is 11.5 Å². The number of hydrogen-bond donors (Lipinski definition) is 1. The lowest BCUT2D eigenvalue weighted by atomic mass is 10.2. The molecule has 1 aromatic carbocycles. The summed E-state index contributed by atoms with van der Waals surface area (Å²) < 4.78 is 7.18. The summed E-state index contributed by atoms with van der Waals surface area (Å²) in [4.78, 5) is 10.5. The largest absolute Gasteiger partial charge is 0.454 e. The predicted molar refractivity (Wildman–Crippen MR) is 75.2 cm³/mol. The van der Waals surface area contributed by atoms with Gasteiger partial charge in [-0.1, -0.05) is 6.92 Å². The summed E-state index contributed by atoms with van der Waals surface area (Å²) in [6.45, 7) is 2.77. The standard InChI is InChI=1S/C13H16N4O3/c1-3-4-14-10-5-11(17(18)19)7-12(6-10)20-13-8-15-16(2)9-13/h5-9,14H,3-4H2,1-2H3. The molecule has 1 N–H and O–H groups in total. The van der Waals surface area contributed by atoms with Crippen molar-refractivity contribution >= 4 is 11.4 Å². The Labute approximate surface area is 116 Å². The number of nitro groups is 1. The molecular weight excluding hydrogens is 260 g/mol. The number of benzene rings is 1. The van der Waals surface area contributed by atoms with Gasteiger partial charge in [-0.15, -0.1) is 0 Å². The summed E-state index contributed by atoms with van der Waals surface area (Å²) in [5, 5.41) is 18.0. The van der Waals surface area contributed by atoms with Gasteiger partial charge < -0.3 is 10.1 Å². The Balaban J connectivity index is 2.26. The SMILES string of the molecule is CCCNc1cc(Oc2cnn(C)c2)cc([N+](=O)[O-])c1. The third-order valence-corrected chi connectivity index (χ3v) is 2.60. The van der Waals surface area contributed by atoms with Crippen LogP contribution in [0.25, 0.3) is 0 Å². The summed E-state index contributed by atoms with van der Waals surface area (Å²) in [7, 11) is 1.77. The van der Waals surface area contributed by atoms with Gasteiger partial charge in [0.1, 0.15) is 5.75 Å². The van der Waals surface area contributed by atoms with E-state index < -0.39 is 4.92 Å². The maximum atomic E-state index is 10.9. The molecule has 1 heterocycles. The normalized spacial score (nSPS) is 10.3. The molecule has 1 aromatic heterocycles. The second kappa shape index (κ2) is 6.05. The smallest absolute Gasteiger partial charge is 0.275 e. The molecule has 0 spiro atoms. The van der Waals surface area contributed by atoms with Crippen molar-refractivity contribution in [2.45, 2.75) is 13.3 Å². The van der Waals surface area contributed by atoms with Crippen molar-refractivity contribution in [1.29, 1.82) is 0 Å². The fraction of sp³-hybridized carbons (Fsp3) is 0.308. The number of aryl methyl sites for hydroxylation is 1. The summed E-state index contributed by atoms with van der Waals surface area (Å²) in [5.41, 5.74) is 0.657. The first-order chi connectivity index (χ1) is 9.58. The molecular formula is C13H16N4O3. The van der Waals surface area contributed by atoms with Gasteiger partial charge in [0.2, 0.25) is 0 Å². The van der Waals surface area contributed by atoms with E-state index in [4.69, 9.17) is 4.74 Å². The van der Waals surface area contributed by atoms with E-state index in [2.05, 4.69) is 10.4 Å². The Morgan fingerprint density at radius 2 is 2.20 bits per heavy atom. The number of anilines is 1. The average Bonchev–Trinajstić information content (AvgIpc) is 2.81. The first-order valence-electron chi connectivity index (χ1n) is 6.28. The van der Waals surface area contributed by atoms with Crippen LogP contribution in [0.4, 0.5) is 11.4 Å². The van der Waals surface area contributed by atoms with Gasteiger partial charge in [-0.25, -0.2) is 0 Å². The Morgan fingerprint density at radius 3 is 2.80 bits per heavy atom. The van der Waals surface area contributed by atoms with Crippen molar-refractivity contribution < 1.29 is 9.66 Å². The fourth-order valence-electron chi connectivity index (χ4n) is 1.71. The zero-order chi connectivity index (χ0) is 14.5. The van der Waals surface area contributed by atoms with Gasteiger partial charge in [0, 0.05) is 31.4 Å². The number of nitro benzene ring substituents is 1. The Hall–Kier alpha value is -2.57. The highest BCUT2D eigenvalue weighted by molar-refractivity contribution is 5.56. The first kappa shape index (κ1) is 13.9. The van der Waals surface area contributed by atoms with Crippen LogP contribution in [-0.4, -0.2) is 21.2 Å². The number of ether oxygens (including phenoxy) is 1. The molecule has 0 aliphatic rings. The summed E-state index contributed by atoms with van der Waals surface area (Å²) in [6, 6.07) is 4.62. The molecule has 0 saturated carbocycles. The number of hydrogen-bond acceptors (Lipinski definition) is 5. The third-order valence-electron chi connectivity index (χ3n) is 2.60. The van der Waals surface area contributed by atoms with Gasteiger partial charge in [0.15, 0.2) is 5.75 Å². The molecule has 20 heavy (non-hydrogen) atoms. The molecule has 106 valence electrons. The van der Waals surface area contributed by atoms with E-state index in [1.165, 1.54) is 12.1 Å². The topological polar surface area (TPSA) is 82.2 Å². The van der Waals surface area contributed by atoms with Gasteiger partial charge in [0.25, 0.3) is 5.69 Å². The molecule has 0 amide bonds. The van der Waals surface area contributed by atoms with Crippen molar-refractivity contribution in [2.75, 3.05) is 11.9 Å². The summed E-state index contributed by atoms with van der Waals surface area (Å²) in [6.07, 6.45) is 4.18. The van der Waals surface area contributed by atoms with Gasteiger partial charge in [-0.3, -0.25) is 14.8 Å². The second-order valence-corrected chi connectivity index (χ2v) is 4.35. The van der Waals surface area contributed by atoms with Crippen LogP contribution in [0, 0.1) is 10.1 Å². The van der Waals surface area contributed by atoms with E-state index in [1.54, 1.807) is 30.2 Å². The van der Waals surface area contributed by atoms with Crippen LogP contribution in [0.1, 0.15) is 13.3 Å². The first-order valence-corrected chi connectivity index (χ1v) is 6.28. The van der Waals surface area contributed by atoms with Crippen LogP contribution < -0.4 is 10.1 Å². The Bertz CT molecular complexity index is 609. The lowest BCUT2D eigenvalue weighted by molar-refractivity contribution is -0.384. The minimum Gasteiger partial charge on any atom is -0.454 e. The molecule has 2 rings (SSSR count). The van der Waals surface area contributed by atoms with E-state index in [0.717, 1.165) is 13.0 Å². The van der Waals surface area contributed by atoms with Crippen LogP contribution in [-0.2, 0) is 7.05 Å². The van der Waals surface area contributed by atoms with Crippen LogP contribution in [0.5, 0.6) is 11.5 Å². The van der Waals surface area contributed by atoms with Crippen molar-refractivity contribution in [3.05, 3.63) is 40.7 Å². The highest BCUT2D eigenvalue weighted by Gasteiger charge is 2.11. The number of aromatic nitrogens is 2. The van der Waals surface area contributed by atoms with Crippen molar-refractivity contribution in [2.24, 2.45) is 7.05 Å². The highest BCUT2D eigenvalue weighted by atomic mass is 16.6. The van der Waals surface area contributed by atoms with E-state index in [0.29, 0.717) is 17.2 Å². The van der Waals surface area contributed by atoms with Crippen LogP contribution in [0.15, 0.2) is 30.6 Å². The van der Waals surface area contributed by atoms with E-state index in [1.807, 2.05) is 6.92 Å². The lowest BCUT2D eigenvalue weighted by Gasteiger charge is -2.08. The molecule has 0 atom stereocenters. The number of rotatable bonds is 6. The fourth-order valence-corrected chi connectivity index (χ4v) is 1.71. The molecule has 0 aliphatic carbocycles. The molecule has 0 saturated heterocycles.